The van der Waals surface area contributed by atoms with Gasteiger partial charge in [-0.15, -0.1) is 11.3 Å². The van der Waals surface area contributed by atoms with Gasteiger partial charge in [-0.05, 0) is 6.07 Å². The third kappa shape index (κ3) is 2.82. The van der Waals surface area contributed by atoms with Crippen LogP contribution in [0.4, 0.5) is 5.69 Å². The molecule has 7 heteroatoms. The topological polar surface area (TPSA) is 91.3 Å². The van der Waals surface area contributed by atoms with Gasteiger partial charge in [-0.25, -0.2) is 0 Å². The molecule has 0 aliphatic rings. The van der Waals surface area contributed by atoms with Crippen LogP contribution in [0.3, 0.4) is 0 Å². The largest absolute Gasteiger partial charge is 0.488 e. The summed E-state index contributed by atoms with van der Waals surface area (Å²) in [6.45, 7) is 0.579. The van der Waals surface area contributed by atoms with Crippen molar-refractivity contribution in [2.45, 2.75) is 13.2 Å². The molecule has 0 bridgehead atoms. The number of nitro benzene ring substituents is 1. The second-order valence-electron chi connectivity index (χ2n) is 3.51. The highest BCUT2D eigenvalue weighted by molar-refractivity contribution is 7.09. The number of non-ortho nitro benzene ring substituents is 1. The fourth-order valence-electron chi connectivity index (χ4n) is 1.44. The van der Waals surface area contributed by atoms with Crippen LogP contribution < -0.4 is 10.5 Å². The predicted octanol–water partition coefficient (Wildman–Crippen LogP) is 2.09. The molecule has 0 atom stereocenters. The average Bonchev–Trinajstić information content (AvgIpc) is 2.89. The first kappa shape index (κ1) is 12.5. The van der Waals surface area contributed by atoms with Gasteiger partial charge in [0.1, 0.15) is 12.4 Å². The predicted molar refractivity (Wildman–Crippen MR) is 67.4 cm³/mol. The molecule has 6 nitrogen and oxygen atoms in total. The summed E-state index contributed by atoms with van der Waals surface area (Å²) in [5.41, 5.74) is 7.91. The Bertz CT molecular complexity index is 542. The number of nitrogens with two attached hydrogens (primary N) is 1. The van der Waals surface area contributed by atoms with Crippen LogP contribution in [-0.2, 0) is 13.2 Å². The molecule has 18 heavy (non-hydrogen) atoms. The quantitative estimate of drug-likeness (QED) is 0.660. The van der Waals surface area contributed by atoms with Gasteiger partial charge in [-0.3, -0.25) is 15.1 Å². The minimum atomic E-state index is -0.452. The zero-order valence-electron chi connectivity index (χ0n) is 9.41. The van der Waals surface area contributed by atoms with Gasteiger partial charge in [0, 0.05) is 30.4 Å². The van der Waals surface area contributed by atoms with Crippen molar-refractivity contribution in [3.63, 3.8) is 0 Å². The van der Waals surface area contributed by atoms with E-state index in [0.29, 0.717) is 17.9 Å². The lowest BCUT2D eigenvalue weighted by atomic mass is 10.2. The van der Waals surface area contributed by atoms with Crippen molar-refractivity contribution in [3.05, 3.63) is 50.5 Å². The SMILES string of the molecule is NCc1cc([N+](=O)[O-])ccc1OCc1cncs1. The molecule has 1 aromatic carbocycles. The molecule has 0 fully saturated rings. The minimum Gasteiger partial charge on any atom is -0.488 e. The fourth-order valence-corrected chi connectivity index (χ4v) is 1.95. The maximum atomic E-state index is 10.6. The highest BCUT2D eigenvalue weighted by Gasteiger charge is 2.11. The monoisotopic (exact) mass is 265 g/mol. The molecule has 1 heterocycles. The highest BCUT2D eigenvalue weighted by Crippen LogP contribution is 2.25. The first-order valence-electron chi connectivity index (χ1n) is 5.18. The van der Waals surface area contributed by atoms with E-state index < -0.39 is 4.92 Å². The maximum Gasteiger partial charge on any atom is 0.270 e. The van der Waals surface area contributed by atoms with Gasteiger partial charge in [-0.2, -0.15) is 0 Å². The number of aromatic nitrogens is 1. The molecule has 0 saturated heterocycles. The van der Waals surface area contributed by atoms with E-state index in [9.17, 15) is 10.1 Å². The number of rotatable bonds is 5. The summed E-state index contributed by atoms with van der Waals surface area (Å²) in [4.78, 5) is 15.1. The van der Waals surface area contributed by atoms with Gasteiger partial charge >= 0.3 is 0 Å². The Hall–Kier alpha value is -1.99. The first-order valence-corrected chi connectivity index (χ1v) is 6.06. The lowest BCUT2D eigenvalue weighted by Crippen LogP contribution is -2.03. The average molecular weight is 265 g/mol. The Balaban J connectivity index is 2.14. The van der Waals surface area contributed by atoms with Crippen LogP contribution in [0.2, 0.25) is 0 Å². The smallest absolute Gasteiger partial charge is 0.270 e. The molecule has 94 valence electrons. The third-order valence-electron chi connectivity index (χ3n) is 2.33. The Morgan fingerprint density at radius 1 is 1.50 bits per heavy atom. The zero-order chi connectivity index (χ0) is 13.0. The standard InChI is InChI=1S/C11H11N3O3S/c12-4-8-3-9(14(15)16)1-2-11(8)17-6-10-5-13-7-18-10/h1-3,5,7H,4,6,12H2. The van der Waals surface area contributed by atoms with Gasteiger partial charge in [0.25, 0.3) is 5.69 Å². The summed E-state index contributed by atoms with van der Waals surface area (Å²) < 4.78 is 5.57. The van der Waals surface area contributed by atoms with E-state index in [1.165, 1.54) is 23.5 Å². The molecule has 2 aromatic rings. The minimum absolute atomic E-state index is 0.0144. The van der Waals surface area contributed by atoms with Gasteiger partial charge in [0.05, 0.1) is 15.3 Å². The Kier molecular flexibility index (Phi) is 3.85. The summed E-state index contributed by atoms with van der Waals surface area (Å²) in [6, 6.07) is 4.41. The zero-order valence-corrected chi connectivity index (χ0v) is 10.2. The van der Waals surface area contributed by atoms with Crippen molar-refractivity contribution >= 4 is 17.0 Å². The lowest BCUT2D eigenvalue weighted by Gasteiger charge is -2.08. The van der Waals surface area contributed by atoms with Crippen molar-refractivity contribution < 1.29 is 9.66 Å². The Morgan fingerprint density at radius 3 is 2.94 bits per heavy atom. The summed E-state index contributed by atoms with van der Waals surface area (Å²) in [7, 11) is 0. The molecule has 0 radical (unpaired) electrons. The summed E-state index contributed by atoms with van der Waals surface area (Å²) in [6.07, 6.45) is 1.72. The van der Waals surface area contributed by atoms with Crippen LogP contribution in [0.25, 0.3) is 0 Å². The number of hydrogen-bond donors (Lipinski definition) is 1. The van der Waals surface area contributed by atoms with E-state index in [1.54, 1.807) is 17.8 Å². The normalized spacial score (nSPS) is 10.3. The Morgan fingerprint density at radius 2 is 2.33 bits per heavy atom. The van der Waals surface area contributed by atoms with Crippen molar-refractivity contribution in [1.29, 1.82) is 0 Å². The third-order valence-corrected chi connectivity index (χ3v) is 3.08. The molecule has 1 aromatic heterocycles. The number of benzene rings is 1. The van der Waals surface area contributed by atoms with E-state index in [1.807, 2.05) is 0 Å². The van der Waals surface area contributed by atoms with Crippen LogP contribution in [-0.4, -0.2) is 9.91 Å². The van der Waals surface area contributed by atoms with E-state index in [2.05, 4.69) is 4.98 Å². The van der Waals surface area contributed by atoms with E-state index in [0.717, 1.165) is 4.88 Å². The number of nitrogens with zero attached hydrogens (tertiary/aromatic N) is 2. The molecule has 0 unspecified atom stereocenters. The number of hydrogen-bond acceptors (Lipinski definition) is 6. The number of thiazole rings is 1. The summed E-state index contributed by atoms with van der Waals surface area (Å²) >= 11 is 1.49. The van der Waals surface area contributed by atoms with Gasteiger partial charge < -0.3 is 10.5 Å². The first-order chi connectivity index (χ1) is 8.70. The fraction of sp³-hybridized carbons (Fsp3) is 0.182. The molecule has 2 N–H and O–H groups in total. The van der Waals surface area contributed by atoms with Crippen molar-refractivity contribution in [1.82, 2.24) is 4.98 Å². The molecular formula is C11H11N3O3S. The van der Waals surface area contributed by atoms with Crippen molar-refractivity contribution in [2.24, 2.45) is 5.73 Å². The summed E-state index contributed by atoms with van der Waals surface area (Å²) in [5.74, 6) is 0.566. The lowest BCUT2D eigenvalue weighted by molar-refractivity contribution is -0.384. The maximum absolute atomic E-state index is 10.6. The molecule has 0 aliphatic heterocycles. The molecule has 0 saturated carbocycles. The Labute approximate surface area is 107 Å². The van der Waals surface area contributed by atoms with Gasteiger partial charge in [0.2, 0.25) is 0 Å². The van der Waals surface area contributed by atoms with Gasteiger partial charge in [0.15, 0.2) is 0 Å². The van der Waals surface area contributed by atoms with E-state index in [4.69, 9.17) is 10.5 Å². The number of nitro groups is 1. The van der Waals surface area contributed by atoms with Gasteiger partial charge in [-0.1, -0.05) is 0 Å². The molecule has 0 aliphatic carbocycles. The van der Waals surface area contributed by atoms with Crippen LogP contribution in [0, 0.1) is 10.1 Å². The molecule has 0 amide bonds. The molecule has 2 rings (SSSR count). The highest BCUT2D eigenvalue weighted by atomic mass is 32.1. The van der Waals surface area contributed by atoms with Crippen molar-refractivity contribution in [3.8, 4) is 5.75 Å². The molecule has 0 spiro atoms. The van der Waals surface area contributed by atoms with Crippen LogP contribution >= 0.6 is 11.3 Å². The van der Waals surface area contributed by atoms with Crippen LogP contribution in [0.1, 0.15) is 10.4 Å². The van der Waals surface area contributed by atoms with Crippen LogP contribution in [0.5, 0.6) is 5.75 Å². The van der Waals surface area contributed by atoms with Crippen LogP contribution in [0.15, 0.2) is 29.9 Å². The van der Waals surface area contributed by atoms with E-state index >= 15 is 0 Å². The summed E-state index contributed by atoms with van der Waals surface area (Å²) in [5, 5.41) is 10.6. The van der Waals surface area contributed by atoms with Crippen molar-refractivity contribution in [2.75, 3.05) is 0 Å². The molecular weight excluding hydrogens is 254 g/mol. The second kappa shape index (κ2) is 5.56. The van der Waals surface area contributed by atoms with E-state index in [-0.39, 0.29) is 12.2 Å². The second-order valence-corrected chi connectivity index (χ2v) is 4.48. The number of ether oxygens (including phenoxy) is 1.